The zero-order valence-corrected chi connectivity index (χ0v) is 18.0. The molecule has 0 bridgehead atoms. The largest absolute Gasteiger partial charge is 0.416 e. The van der Waals surface area contributed by atoms with Gasteiger partial charge in [-0.2, -0.15) is 18.3 Å². The quantitative estimate of drug-likeness (QED) is 0.694. The van der Waals surface area contributed by atoms with Gasteiger partial charge in [0.2, 0.25) is 5.43 Å². The van der Waals surface area contributed by atoms with Crippen molar-refractivity contribution in [3.05, 3.63) is 57.5 Å². The predicted octanol–water partition coefficient (Wildman–Crippen LogP) is 2.02. The lowest BCUT2D eigenvalue weighted by atomic mass is 10.2. The number of carbonyl (C=O) groups excluding carboxylic acids is 2. The Hall–Kier alpha value is -3.21. The topological polar surface area (TPSA) is 84.7 Å². The highest BCUT2D eigenvalue weighted by Gasteiger charge is 2.33. The molecule has 2 aliphatic heterocycles. The third-order valence-electron chi connectivity index (χ3n) is 5.81. The zero-order chi connectivity index (χ0) is 23.8. The number of aromatic nitrogens is 2. The molecule has 1 atom stereocenters. The van der Waals surface area contributed by atoms with Crippen molar-refractivity contribution in [1.82, 2.24) is 19.6 Å². The van der Waals surface area contributed by atoms with Gasteiger partial charge in [-0.3, -0.25) is 14.4 Å². The molecule has 33 heavy (non-hydrogen) atoms. The Morgan fingerprint density at radius 2 is 1.79 bits per heavy atom. The van der Waals surface area contributed by atoms with Crippen LogP contribution in [0.15, 0.2) is 35.1 Å². The lowest BCUT2D eigenvalue weighted by Crippen LogP contribution is -2.53. The molecule has 11 heteroatoms. The third-order valence-corrected chi connectivity index (χ3v) is 5.81. The van der Waals surface area contributed by atoms with Crippen LogP contribution >= 0.6 is 0 Å². The number of piperazine rings is 1. The van der Waals surface area contributed by atoms with Gasteiger partial charge >= 0.3 is 6.18 Å². The molecule has 2 fully saturated rings. The van der Waals surface area contributed by atoms with Gasteiger partial charge in [-0.15, -0.1) is 0 Å². The third kappa shape index (κ3) is 4.77. The molecule has 2 aromatic rings. The maximum atomic E-state index is 13.1. The number of amides is 2. The second kappa shape index (κ2) is 8.97. The molecular weight excluding hydrogens is 441 g/mol. The maximum Gasteiger partial charge on any atom is 0.416 e. The van der Waals surface area contributed by atoms with Crippen molar-refractivity contribution in [2.75, 3.05) is 32.8 Å². The van der Waals surface area contributed by atoms with E-state index in [1.165, 1.54) is 30.0 Å². The molecular formula is C22H23F3N4O4. The first-order valence-electron chi connectivity index (χ1n) is 10.6. The van der Waals surface area contributed by atoms with Crippen molar-refractivity contribution in [3.8, 4) is 5.69 Å². The van der Waals surface area contributed by atoms with E-state index in [1.54, 1.807) is 4.90 Å². The molecule has 2 saturated heterocycles. The molecule has 0 aliphatic carbocycles. The van der Waals surface area contributed by atoms with E-state index < -0.39 is 29.2 Å². The summed E-state index contributed by atoms with van der Waals surface area (Å²) in [6, 6.07) is 5.68. The number of ether oxygens (including phenoxy) is 1. The number of benzene rings is 1. The summed E-state index contributed by atoms with van der Waals surface area (Å²) < 4.78 is 45.9. The lowest BCUT2D eigenvalue weighted by Gasteiger charge is -2.35. The fraction of sp³-hybridized carbons (Fsp3) is 0.455. The summed E-state index contributed by atoms with van der Waals surface area (Å²) >= 11 is 0. The van der Waals surface area contributed by atoms with E-state index in [0.29, 0.717) is 31.8 Å². The van der Waals surface area contributed by atoms with E-state index in [-0.39, 0.29) is 30.4 Å². The van der Waals surface area contributed by atoms with E-state index in [9.17, 15) is 27.6 Å². The van der Waals surface area contributed by atoms with Crippen LogP contribution in [0.1, 0.15) is 34.6 Å². The number of nitrogens with zero attached hydrogens (tertiary/aromatic N) is 4. The van der Waals surface area contributed by atoms with Crippen molar-refractivity contribution in [2.45, 2.75) is 32.0 Å². The summed E-state index contributed by atoms with van der Waals surface area (Å²) in [5.74, 6) is -0.718. The van der Waals surface area contributed by atoms with Gasteiger partial charge in [0, 0.05) is 44.5 Å². The summed E-state index contributed by atoms with van der Waals surface area (Å²) in [5, 5.41) is 4.10. The van der Waals surface area contributed by atoms with E-state index in [4.69, 9.17) is 4.74 Å². The normalized spacial score (nSPS) is 19.1. The molecule has 0 saturated carbocycles. The molecule has 1 aromatic carbocycles. The average molecular weight is 464 g/mol. The standard InChI is InChI=1S/C22H23F3N4O4/c1-14-12-17(30)19(26-29(14)16-5-2-4-15(13-16)22(23,24)25)21(32)28-9-7-27(8-10-28)20(31)18-6-3-11-33-18/h2,4-5,12-13,18H,3,6-11H2,1H3. The van der Waals surface area contributed by atoms with Gasteiger partial charge < -0.3 is 14.5 Å². The van der Waals surface area contributed by atoms with Crippen molar-refractivity contribution < 1.29 is 27.5 Å². The van der Waals surface area contributed by atoms with E-state index in [2.05, 4.69) is 5.10 Å². The summed E-state index contributed by atoms with van der Waals surface area (Å²) in [6.07, 6.45) is -3.46. The Balaban J connectivity index is 1.53. The van der Waals surface area contributed by atoms with E-state index in [0.717, 1.165) is 23.2 Å². The van der Waals surface area contributed by atoms with Crippen molar-refractivity contribution in [3.63, 3.8) is 0 Å². The second-order valence-electron chi connectivity index (χ2n) is 8.08. The number of aryl methyl sites for hydroxylation is 1. The van der Waals surface area contributed by atoms with Crippen LogP contribution in [0.3, 0.4) is 0 Å². The first kappa shape index (κ1) is 23.0. The minimum Gasteiger partial charge on any atom is -0.368 e. The second-order valence-corrected chi connectivity index (χ2v) is 8.08. The number of hydrogen-bond donors (Lipinski definition) is 0. The molecule has 2 aliphatic rings. The maximum absolute atomic E-state index is 13.1. The molecule has 3 heterocycles. The number of carbonyl (C=O) groups is 2. The Morgan fingerprint density at radius 1 is 1.09 bits per heavy atom. The Kier molecular flexibility index (Phi) is 6.24. The fourth-order valence-electron chi connectivity index (χ4n) is 4.03. The summed E-state index contributed by atoms with van der Waals surface area (Å²) in [4.78, 5) is 41.1. The minimum atomic E-state index is -4.54. The molecule has 2 amide bonds. The minimum absolute atomic E-state index is 0.0864. The highest BCUT2D eigenvalue weighted by atomic mass is 19.4. The molecule has 4 rings (SSSR count). The van der Waals surface area contributed by atoms with Crippen LogP contribution in [0.5, 0.6) is 0 Å². The van der Waals surface area contributed by atoms with Crippen LogP contribution in [-0.4, -0.2) is 70.3 Å². The van der Waals surface area contributed by atoms with Gasteiger partial charge in [-0.05, 0) is 38.0 Å². The Labute approximate surface area is 187 Å². The SMILES string of the molecule is Cc1cc(=O)c(C(=O)N2CCN(C(=O)C3CCCO3)CC2)nn1-c1cccc(C(F)(F)F)c1. The highest BCUT2D eigenvalue weighted by Crippen LogP contribution is 2.30. The molecule has 176 valence electrons. The van der Waals surface area contributed by atoms with Crippen molar-refractivity contribution in [1.29, 1.82) is 0 Å². The van der Waals surface area contributed by atoms with E-state index >= 15 is 0 Å². The lowest BCUT2D eigenvalue weighted by molar-refractivity contribution is -0.142. The summed E-state index contributed by atoms with van der Waals surface area (Å²) in [7, 11) is 0. The Bertz CT molecular complexity index is 1120. The summed E-state index contributed by atoms with van der Waals surface area (Å²) in [5.41, 5.74) is -1.47. The van der Waals surface area contributed by atoms with Gasteiger partial charge in [0.25, 0.3) is 11.8 Å². The predicted molar refractivity (Wildman–Crippen MR) is 111 cm³/mol. The Morgan fingerprint density at radius 3 is 2.42 bits per heavy atom. The van der Waals surface area contributed by atoms with Crippen LogP contribution in [0.4, 0.5) is 13.2 Å². The fourth-order valence-corrected chi connectivity index (χ4v) is 4.03. The van der Waals surface area contributed by atoms with Crippen LogP contribution in [0.2, 0.25) is 0 Å². The van der Waals surface area contributed by atoms with Gasteiger partial charge in [-0.25, -0.2) is 4.68 Å². The molecule has 1 aromatic heterocycles. The number of alkyl halides is 3. The zero-order valence-electron chi connectivity index (χ0n) is 18.0. The highest BCUT2D eigenvalue weighted by molar-refractivity contribution is 5.92. The molecule has 0 N–H and O–H groups in total. The summed E-state index contributed by atoms with van der Waals surface area (Å²) in [6.45, 7) is 3.13. The van der Waals surface area contributed by atoms with Crippen LogP contribution in [0, 0.1) is 6.92 Å². The average Bonchev–Trinajstić information content (AvgIpc) is 3.33. The van der Waals surface area contributed by atoms with Crippen LogP contribution in [-0.2, 0) is 15.7 Å². The first-order valence-corrected chi connectivity index (χ1v) is 10.6. The molecule has 8 nitrogen and oxygen atoms in total. The van der Waals surface area contributed by atoms with Crippen LogP contribution < -0.4 is 5.43 Å². The number of hydrogen-bond acceptors (Lipinski definition) is 5. The number of rotatable bonds is 3. The van der Waals surface area contributed by atoms with Crippen molar-refractivity contribution in [2.24, 2.45) is 0 Å². The van der Waals surface area contributed by atoms with E-state index in [1.807, 2.05) is 0 Å². The molecule has 1 unspecified atom stereocenters. The molecule has 0 radical (unpaired) electrons. The van der Waals surface area contributed by atoms with Gasteiger partial charge in [0.1, 0.15) is 6.10 Å². The first-order chi connectivity index (χ1) is 15.6. The molecule has 0 spiro atoms. The van der Waals surface area contributed by atoms with Gasteiger partial charge in [0.15, 0.2) is 5.69 Å². The van der Waals surface area contributed by atoms with Gasteiger partial charge in [-0.1, -0.05) is 6.07 Å². The van der Waals surface area contributed by atoms with Crippen LogP contribution in [0.25, 0.3) is 5.69 Å². The number of halogens is 3. The monoisotopic (exact) mass is 464 g/mol. The van der Waals surface area contributed by atoms with Gasteiger partial charge in [0.05, 0.1) is 11.3 Å². The smallest absolute Gasteiger partial charge is 0.368 e. The van der Waals surface area contributed by atoms with Crippen molar-refractivity contribution >= 4 is 11.8 Å².